The van der Waals surface area contributed by atoms with E-state index in [2.05, 4.69) is 51.1 Å². The Morgan fingerprint density at radius 1 is 1.45 bits per heavy atom. The molecule has 0 bridgehead atoms. The highest BCUT2D eigenvalue weighted by Gasteiger charge is 2.27. The Bertz CT molecular complexity index is 601. The first kappa shape index (κ1) is 13.7. The van der Waals surface area contributed by atoms with Gasteiger partial charge in [-0.05, 0) is 35.7 Å². The van der Waals surface area contributed by atoms with Crippen molar-refractivity contribution in [1.29, 1.82) is 0 Å². The fourth-order valence-electron chi connectivity index (χ4n) is 2.72. The molecule has 20 heavy (non-hydrogen) atoms. The zero-order valence-electron chi connectivity index (χ0n) is 11.9. The van der Waals surface area contributed by atoms with Crippen LogP contribution in [0.1, 0.15) is 44.0 Å². The average Bonchev–Trinajstić information content (AvgIpc) is 3.05. The molecule has 0 radical (unpaired) electrons. The summed E-state index contributed by atoms with van der Waals surface area (Å²) in [5, 5.41) is 12.7. The zero-order chi connectivity index (χ0) is 14.1. The van der Waals surface area contributed by atoms with Crippen molar-refractivity contribution in [3.8, 4) is 0 Å². The van der Waals surface area contributed by atoms with Gasteiger partial charge in [-0.25, -0.2) is 4.68 Å². The fraction of sp³-hybridized carbons (Fsp3) is 0.571. The quantitative estimate of drug-likeness (QED) is 0.931. The van der Waals surface area contributed by atoms with Crippen LogP contribution in [0.25, 0.3) is 0 Å². The molecule has 1 N–H and O–H groups in total. The van der Waals surface area contributed by atoms with Gasteiger partial charge in [-0.15, -0.1) is 0 Å². The molecule has 0 spiro atoms. The predicted molar refractivity (Wildman–Crippen MR) is 83.1 cm³/mol. The van der Waals surface area contributed by atoms with E-state index in [4.69, 9.17) is 5.10 Å². The third kappa shape index (κ3) is 2.26. The maximum atomic E-state index is 4.80. The van der Waals surface area contributed by atoms with Crippen molar-refractivity contribution in [2.75, 3.05) is 11.9 Å². The summed E-state index contributed by atoms with van der Waals surface area (Å²) >= 11 is 3.69. The molecule has 6 heteroatoms. The molecule has 1 aliphatic rings. The van der Waals surface area contributed by atoms with E-state index in [0.717, 1.165) is 48.3 Å². The number of fused-ring (bicyclic) bond motifs is 1. The van der Waals surface area contributed by atoms with Gasteiger partial charge in [0, 0.05) is 24.8 Å². The molecule has 0 aromatic carbocycles. The van der Waals surface area contributed by atoms with Crippen LogP contribution in [0.5, 0.6) is 0 Å². The van der Waals surface area contributed by atoms with Gasteiger partial charge in [0.05, 0.1) is 22.4 Å². The first-order valence-corrected chi connectivity index (χ1v) is 8.07. The Balaban J connectivity index is 1.98. The van der Waals surface area contributed by atoms with Crippen molar-refractivity contribution >= 4 is 21.7 Å². The van der Waals surface area contributed by atoms with Gasteiger partial charge in [0.15, 0.2) is 0 Å². The molecule has 0 saturated heterocycles. The minimum absolute atomic E-state index is 0.286. The van der Waals surface area contributed by atoms with Crippen molar-refractivity contribution in [2.24, 2.45) is 0 Å². The molecule has 108 valence electrons. The Morgan fingerprint density at radius 3 is 3.00 bits per heavy atom. The third-order valence-electron chi connectivity index (χ3n) is 3.77. The number of hydrogen-bond donors (Lipinski definition) is 1. The number of aromatic nitrogens is 4. The van der Waals surface area contributed by atoms with Gasteiger partial charge in [0.1, 0.15) is 5.82 Å². The molecule has 3 heterocycles. The van der Waals surface area contributed by atoms with Crippen LogP contribution in [-0.4, -0.2) is 26.1 Å². The lowest BCUT2D eigenvalue weighted by Gasteiger charge is -2.25. The number of anilines is 1. The van der Waals surface area contributed by atoms with Gasteiger partial charge < -0.3 is 5.32 Å². The van der Waals surface area contributed by atoms with Crippen LogP contribution in [0, 0.1) is 0 Å². The standard InChI is InChI=1S/C14H20BrN5/c1-3-5-11-13(15)14-16-7-6-12(20(14)18-11)10-8-17-19(4-2)9-10/h8-9,12,16H,3-7H2,1-2H3. The number of aryl methyl sites for hydroxylation is 2. The van der Waals surface area contributed by atoms with Crippen LogP contribution in [-0.2, 0) is 13.0 Å². The summed E-state index contributed by atoms with van der Waals surface area (Å²) in [7, 11) is 0. The SMILES string of the molecule is CCCc1nn2c(c1Br)NCCC2c1cnn(CC)c1. The second-order valence-corrected chi connectivity index (χ2v) is 5.96. The normalized spacial score (nSPS) is 17.9. The molecule has 1 aliphatic heterocycles. The van der Waals surface area contributed by atoms with Gasteiger partial charge in [0.2, 0.25) is 0 Å². The molecule has 0 fully saturated rings. The minimum Gasteiger partial charge on any atom is -0.369 e. The number of rotatable bonds is 4. The van der Waals surface area contributed by atoms with Gasteiger partial charge in [0.25, 0.3) is 0 Å². The summed E-state index contributed by atoms with van der Waals surface area (Å²) in [5.74, 6) is 1.11. The van der Waals surface area contributed by atoms with Crippen molar-refractivity contribution in [2.45, 2.75) is 45.7 Å². The molecule has 2 aromatic heterocycles. The van der Waals surface area contributed by atoms with Gasteiger partial charge in [-0.3, -0.25) is 4.68 Å². The number of hydrogen-bond acceptors (Lipinski definition) is 3. The molecule has 0 aliphatic carbocycles. The minimum atomic E-state index is 0.286. The molecule has 5 nitrogen and oxygen atoms in total. The van der Waals surface area contributed by atoms with Gasteiger partial charge >= 0.3 is 0 Å². The van der Waals surface area contributed by atoms with Crippen molar-refractivity contribution in [1.82, 2.24) is 19.6 Å². The summed E-state index contributed by atoms with van der Waals surface area (Å²) in [4.78, 5) is 0. The zero-order valence-corrected chi connectivity index (χ0v) is 13.5. The van der Waals surface area contributed by atoms with Gasteiger partial charge in [-0.1, -0.05) is 13.3 Å². The van der Waals surface area contributed by atoms with E-state index < -0.39 is 0 Å². The summed E-state index contributed by atoms with van der Waals surface area (Å²) in [6, 6.07) is 0.286. The monoisotopic (exact) mass is 337 g/mol. The average molecular weight is 338 g/mol. The third-order valence-corrected chi connectivity index (χ3v) is 4.61. The van der Waals surface area contributed by atoms with E-state index in [1.165, 1.54) is 5.56 Å². The first-order valence-electron chi connectivity index (χ1n) is 7.27. The topological polar surface area (TPSA) is 47.7 Å². The smallest absolute Gasteiger partial charge is 0.139 e. The largest absolute Gasteiger partial charge is 0.369 e. The van der Waals surface area contributed by atoms with Gasteiger partial charge in [-0.2, -0.15) is 10.2 Å². The Hall–Kier alpha value is -1.30. The molecule has 2 aromatic rings. The van der Waals surface area contributed by atoms with Crippen LogP contribution < -0.4 is 5.32 Å². The van der Waals surface area contributed by atoms with Crippen molar-refractivity contribution in [3.05, 3.63) is 28.1 Å². The summed E-state index contributed by atoms with van der Waals surface area (Å²) in [6.45, 7) is 6.16. The number of halogens is 1. The summed E-state index contributed by atoms with van der Waals surface area (Å²) < 4.78 is 5.21. The van der Waals surface area contributed by atoms with E-state index in [9.17, 15) is 0 Å². The van der Waals surface area contributed by atoms with Crippen molar-refractivity contribution in [3.63, 3.8) is 0 Å². The van der Waals surface area contributed by atoms with Crippen LogP contribution in [0.2, 0.25) is 0 Å². The Labute approximate surface area is 127 Å². The molecular weight excluding hydrogens is 318 g/mol. The molecule has 0 saturated carbocycles. The highest BCUT2D eigenvalue weighted by atomic mass is 79.9. The lowest BCUT2D eigenvalue weighted by molar-refractivity contribution is 0.477. The highest BCUT2D eigenvalue weighted by molar-refractivity contribution is 9.10. The van der Waals surface area contributed by atoms with E-state index >= 15 is 0 Å². The van der Waals surface area contributed by atoms with E-state index in [0.29, 0.717) is 0 Å². The molecular formula is C14H20BrN5. The first-order chi connectivity index (χ1) is 9.74. The highest BCUT2D eigenvalue weighted by Crippen LogP contribution is 2.36. The maximum absolute atomic E-state index is 4.80. The predicted octanol–water partition coefficient (Wildman–Crippen LogP) is 3.22. The second kappa shape index (κ2) is 5.60. The number of nitrogens with one attached hydrogen (secondary N) is 1. The molecule has 3 rings (SSSR count). The second-order valence-electron chi connectivity index (χ2n) is 5.16. The van der Waals surface area contributed by atoms with Crippen LogP contribution >= 0.6 is 15.9 Å². The maximum Gasteiger partial charge on any atom is 0.139 e. The van der Waals surface area contributed by atoms with E-state index in [1.54, 1.807) is 0 Å². The molecule has 1 unspecified atom stereocenters. The summed E-state index contributed by atoms with van der Waals surface area (Å²) in [5.41, 5.74) is 2.39. The summed E-state index contributed by atoms with van der Waals surface area (Å²) in [6.07, 6.45) is 7.26. The molecule has 0 amide bonds. The fourth-order valence-corrected chi connectivity index (χ4v) is 3.32. The Morgan fingerprint density at radius 2 is 2.30 bits per heavy atom. The van der Waals surface area contributed by atoms with Crippen LogP contribution in [0.4, 0.5) is 5.82 Å². The number of nitrogens with zero attached hydrogens (tertiary/aromatic N) is 4. The lowest BCUT2D eigenvalue weighted by atomic mass is 10.1. The molecule has 1 atom stereocenters. The lowest BCUT2D eigenvalue weighted by Crippen LogP contribution is -2.24. The van der Waals surface area contributed by atoms with E-state index in [1.807, 2.05) is 10.9 Å². The Kier molecular flexibility index (Phi) is 3.83. The van der Waals surface area contributed by atoms with Crippen molar-refractivity contribution < 1.29 is 0 Å². The van der Waals surface area contributed by atoms with E-state index in [-0.39, 0.29) is 6.04 Å². The van der Waals surface area contributed by atoms with Crippen LogP contribution in [0.15, 0.2) is 16.9 Å². The van der Waals surface area contributed by atoms with Crippen LogP contribution in [0.3, 0.4) is 0 Å².